The molecule has 1 unspecified atom stereocenters. The second-order valence-corrected chi connectivity index (χ2v) is 7.09. The maximum atomic E-state index is 3.63. The Morgan fingerprint density at radius 3 is 2.55 bits per heavy atom. The van der Waals surface area contributed by atoms with Gasteiger partial charge in [-0.3, -0.25) is 0 Å². The Labute approximate surface area is 127 Å². The molecule has 0 radical (unpaired) electrons. The van der Waals surface area contributed by atoms with Gasteiger partial charge < -0.3 is 5.32 Å². The largest absolute Gasteiger partial charge is 0.313 e. The van der Waals surface area contributed by atoms with Gasteiger partial charge >= 0.3 is 0 Å². The SMILES string of the molecule is CCNC(CSC(C)C)Cc1cccc2ccccc12. The lowest BCUT2D eigenvalue weighted by Gasteiger charge is -2.19. The van der Waals surface area contributed by atoms with E-state index >= 15 is 0 Å². The predicted octanol–water partition coefficient (Wildman–Crippen LogP) is 4.50. The molecule has 2 aromatic rings. The van der Waals surface area contributed by atoms with Crippen molar-refractivity contribution >= 4 is 22.5 Å². The lowest BCUT2D eigenvalue weighted by molar-refractivity contribution is 0.573. The van der Waals surface area contributed by atoms with Gasteiger partial charge in [0, 0.05) is 11.8 Å². The highest BCUT2D eigenvalue weighted by atomic mass is 32.2. The zero-order valence-electron chi connectivity index (χ0n) is 12.7. The first-order chi connectivity index (χ1) is 9.70. The van der Waals surface area contributed by atoms with Crippen LogP contribution in [0.25, 0.3) is 10.8 Å². The van der Waals surface area contributed by atoms with Gasteiger partial charge in [-0.05, 0) is 34.6 Å². The fraction of sp³-hybridized carbons (Fsp3) is 0.444. The lowest BCUT2D eigenvalue weighted by atomic mass is 9.99. The molecule has 0 heterocycles. The van der Waals surface area contributed by atoms with Gasteiger partial charge in [0.2, 0.25) is 0 Å². The third-order valence-electron chi connectivity index (χ3n) is 3.47. The van der Waals surface area contributed by atoms with Crippen LogP contribution in [0.5, 0.6) is 0 Å². The molecule has 0 aromatic heterocycles. The number of hydrogen-bond acceptors (Lipinski definition) is 2. The molecule has 1 nitrogen and oxygen atoms in total. The van der Waals surface area contributed by atoms with Crippen LogP contribution in [0.4, 0.5) is 0 Å². The second-order valence-electron chi connectivity index (χ2n) is 5.48. The van der Waals surface area contributed by atoms with Crippen LogP contribution in [0.2, 0.25) is 0 Å². The van der Waals surface area contributed by atoms with Crippen LogP contribution < -0.4 is 5.32 Å². The number of nitrogens with one attached hydrogen (secondary N) is 1. The average Bonchev–Trinajstić information content (AvgIpc) is 2.45. The highest BCUT2D eigenvalue weighted by Gasteiger charge is 2.11. The molecule has 0 amide bonds. The zero-order chi connectivity index (χ0) is 14.4. The molecule has 1 N–H and O–H groups in total. The maximum Gasteiger partial charge on any atom is 0.0198 e. The second kappa shape index (κ2) is 7.70. The Bertz CT molecular complexity index is 530. The molecule has 0 spiro atoms. The Kier molecular flexibility index (Phi) is 5.93. The van der Waals surface area contributed by atoms with Crippen molar-refractivity contribution < 1.29 is 0 Å². The van der Waals surface area contributed by atoms with E-state index in [0.717, 1.165) is 13.0 Å². The van der Waals surface area contributed by atoms with Crippen LogP contribution in [0.1, 0.15) is 26.3 Å². The number of hydrogen-bond donors (Lipinski definition) is 1. The molecule has 2 rings (SSSR count). The van der Waals surface area contributed by atoms with Gasteiger partial charge in [-0.25, -0.2) is 0 Å². The lowest BCUT2D eigenvalue weighted by Crippen LogP contribution is -2.33. The van der Waals surface area contributed by atoms with E-state index in [9.17, 15) is 0 Å². The monoisotopic (exact) mass is 287 g/mol. The molecule has 0 bridgehead atoms. The van der Waals surface area contributed by atoms with Crippen molar-refractivity contribution in [2.75, 3.05) is 12.3 Å². The van der Waals surface area contributed by atoms with Gasteiger partial charge in [0.25, 0.3) is 0 Å². The van der Waals surface area contributed by atoms with E-state index in [4.69, 9.17) is 0 Å². The molecule has 2 heteroatoms. The Hall–Kier alpha value is -0.990. The molecule has 1 atom stereocenters. The smallest absolute Gasteiger partial charge is 0.0198 e. The first-order valence-corrected chi connectivity index (χ1v) is 8.57. The summed E-state index contributed by atoms with van der Waals surface area (Å²) in [5.74, 6) is 1.18. The molecule has 0 aliphatic rings. The topological polar surface area (TPSA) is 12.0 Å². The normalized spacial score (nSPS) is 13.0. The van der Waals surface area contributed by atoms with E-state index in [1.165, 1.54) is 22.1 Å². The highest BCUT2D eigenvalue weighted by molar-refractivity contribution is 7.99. The molecule has 108 valence electrons. The first kappa shape index (κ1) is 15.4. The maximum absolute atomic E-state index is 3.63. The van der Waals surface area contributed by atoms with Crippen molar-refractivity contribution in [3.8, 4) is 0 Å². The Morgan fingerprint density at radius 2 is 1.80 bits per heavy atom. The molecule has 0 saturated carbocycles. The Balaban J connectivity index is 2.15. The van der Waals surface area contributed by atoms with Crippen molar-refractivity contribution in [3.63, 3.8) is 0 Å². The number of fused-ring (bicyclic) bond motifs is 1. The van der Waals surface area contributed by atoms with Crippen LogP contribution in [0.3, 0.4) is 0 Å². The summed E-state index contributed by atoms with van der Waals surface area (Å²) in [6.45, 7) is 7.77. The van der Waals surface area contributed by atoms with Crippen LogP contribution in [-0.4, -0.2) is 23.6 Å². The van der Waals surface area contributed by atoms with E-state index in [1.807, 2.05) is 11.8 Å². The fourth-order valence-corrected chi connectivity index (χ4v) is 3.38. The van der Waals surface area contributed by atoms with Crippen LogP contribution >= 0.6 is 11.8 Å². The molecule has 0 aliphatic carbocycles. The summed E-state index contributed by atoms with van der Waals surface area (Å²) in [5.41, 5.74) is 1.46. The summed E-state index contributed by atoms with van der Waals surface area (Å²) in [7, 11) is 0. The molecule has 0 saturated heterocycles. The molecule has 2 aromatic carbocycles. The molecule has 0 fully saturated rings. The van der Waals surface area contributed by atoms with Gasteiger partial charge in [-0.15, -0.1) is 0 Å². The van der Waals surface area contributed by atoms with Crippen molar-refractivity contribution in [2.45, 2.75) is 38.5 Å². The minimum atomic E-state index is 0.554. The Morgan fingerprint density at radius 1 is 1.05 bits per heavy atom. The van der Waals surface area contributed by atoms with Crippen molar-refractivity contribution in [1.29, 1.82) is 0 Å². The fourth-order valence-electron chi connectivity index (χ4n) is 2.52. The average molecular weight is 287 g/mol. The minimum Gasteiger partial charge on any atom is -0.313 e. The third kappa shape index (κ3) is 4.26. The van der Waals surface area contributed by atoms with E-state index < -0.39 is 0 Å². The molecule has 0 aliphatic heterocycles. The van der Waals surface area contributed by atoms with Gasteiger partial charge in [0.15, 0.2) is 0 Å². The summed E-state index contributed by atoms with van der Waals surface area (Å²) >= 11 is 2.04. The minimum absolute atomic E-state index is 0.554. The number of benzene rings is 2. The van der Waals surface area contributed by atoms with Crippen LogP contribution in [0, 0.1) is 0 Å². The van der Waals surface area contributed by atoms with Crippen LogP contribution in [-0.2, 0) is 6.42 Å². The molecular weight excluding hydrogens is 262 g/mol. The van der Waals surface area contributed by atoms with Crippen molar-refractivity contribution in [3.05, 3.63) is 48.0 Å². The predicted molar refractivity (Wildman–Crippen MR) is 92.7 cm³/mol. The molecule has 20 heavy (non-hydrogen) atoms. The molecular formula is C18H25NS. The summed E-state index contributed by atoms with van der Waals surface area (Å²) in [6.07, 6.45) is 1.11. The van der Waals surface area contributed by atoms with Gasteiger partial charge in [-0.2, -0.15) is 11.8 Å². The number of likely N-dealkylation sites (N-methyl/N-ethyl adjacent to an activating group) is 1. The van der Waals surface area contributed by atoms with Gasteiger partial charge in [0.05, 0.1) is 0 Å². The highest BCUT2D eigenvalue weighted by Crippen LogP contribution is 2.21. The van der Waals surface area contributed by atoms with E-state index in [1.54, 1.807) is 0 Å². The third-order valence-corrected chi connectivity index (χ3v) is 4.73. The van der Waals surface area contributed by atoms with Gasteiger partial charge in [-0.1, -0.05) is 63.2 Å². The summed E-state index contributed by atoms with van der Waals surface area (Å²) in [4.78, 5) is 0. The first-order valence-electron chi connectivity index (χ1n) is 7.52. The number of rotatable bonds is 7. The summed E-state index contributed by atoms with van der Waals surface area (Å²) in [6, 6.07) is 15.9. The van der Waals surface area contributed by atoms with Crippen molar-refractivity contribution in [1.82, 2.24) is 5.32 Å². The van der Waals surface area contributed by atoms with E-state index in [-0.39, 0.29) is 0 Å². The quantitative estimate of drug-likeness (QED) is 0.804. The summed E-state index contributed by atoms with van der Waals surface area (Å²) in [5, 5.41) is 7.07. The van der Waals surface area contributed by atoms with E-state index in [2.05, 4.69) is 68.6 Å². The van der Waals surface area contributed by atoms with Gasteiger partial charge in [0.1, 0.15) is 0 Å². The number of thioether (sulfide) groups is 1. The zero-order valence-corrected chi connectivity index (χ0v) is 13.5. The standard InChI is InChI=1S/C18H25NS/c1-4-19-17(13-20-14(2)3)12-16-10-7-9-15-8-5-6-11-18(15)16/h5-11,14,17,19H,4,12-13H2,1-3H3. The van der Waals surface area contributed by atoms with Crippen LogP contribution in [0.15, 0.2) is 42.5 Å². The summed E-state index contributed by atoms with van der Waals surface area (Å²) < 4.78 is 0. The van der Waals surface area contributed by atoms with E-state index in [0.29, 0.717) is 11.3 Å². The van der Waals surface area contributed by atoms with Crippen molar-refractivity contribution in [2.24, 2.45) is 0 Å².